The fourth-order valence-electron chi connectivity index (χ4n) is 5.25. The SMILES string of the molecule is C=CC(=O)OCCOCCOCCOc1ccc(C#Cc2ccc(-c3ccc(C#Cc4ccc(OCCOCCOCCOC(=O)C=C)cc4)cc3C)c(C)c2)cc1. The molecule has 0 heterocycles. The van der Waals surface area contributed by atoms with Crippen LogP contribution in [-0.4, -0.2) is 91.2 Å². The minimum Gasteiger partial charge on any atom is -0.491 e. The molecular formula is C48H50O10. The van der Waals surface area contributed by atoms with E-state index in [-0.39, 0.29) is 13.2 Å². The Kier molecular flexibility index (Phi) is 19.9. The van der Waals surface area contributed by atoms with E-state index in [4.69, 9.17) is 37.9 Å². The van der Waals surface area contributed by atoms with Crippen LogP contribution in [0.4, 0.5) is 0 Å². The third kappa shape index (κ3) is 16.9. The summed E-state index contributed by atoms with van der Waals surface area (Å²) in [7, 11) is 0. The van der Waals surface area contributed by atoms with Crippen LogP contribution in [0.25, 0.3) is 11.1 Å². The monoisotopic (exact) mass is 786 g/mol. The maximum Gasteiger partial charge on any atom is 0.330 e. The van der Waals surface area contributed by atoms with Gasteiger partial charge in [0.1, 0.15) is 37.9 Å². The molecule has 10 nitrogen and oxygen atoms in total. The van der Waals surface area contributed by atoms with Gasteiger partial charge in [-0.25, -0.2) is 9.59 Å². The van der Waals surface area contributed by atoms with Crippen molar-refractivity contribution in [3.8, 4) is 46.3 Å². The third-order valence-electron chi connectivity index (χ3n) is 8.17. The van der Waals surface area contributed by atoms with Crippen molar-refractivity contribution in [2.75, 3.05) is 79.3 Å². The van der Waals surface area contributed by atoms with Gasteiger partial charge < -0.3 is 37.9 Å². The summed E-state index contributed by atoms with van der Waals surface area (Å²) < 4.78 is 42.9. The Labute approximate surface area is 341 Å². The number of carbonyl (C=O) groups excluding carboxylic acids is 2. The van der Waals surface area contributed by atoms with Gasteiger partial charge in [-0.15, -0.1) is 0 Å². The topological polar surface area (TPSA) is 108 Å². The number of rotatable bonds is 23. The van der Waals surface area contributed by atoms with Crippen molar-refractivity contribution in [3.63, 3.8) is 0 Å². The molecule has 0 aromatic heterocycles. The molecule has 4 aromatic carbocycles. The number of benzene rings is 4. The summed E-state index contributed by atoms with van der Waals surface area (Å²) in [4.78, 5) is 21.9. The maximum absolute atomic E-state index is 11.0. The molecule has 0 amide bonds. The van der Waals surface area contributed by atoms with Gasteiger partial charge in [-0.1, -0.05) is 49.0 Å². The summed E-state index contributed by atoms with van der Waals surface area (Å²) in [5.41, 5.74) is 8.26. The van der Waals surface area contributed by atoms with Crippen LogP contribution in [0, 0.1) is 37.5 Å². The van der Waals surface area contributed by atoms with Gasteiger partial charge in [0.15, 0.2) is 0 Å². The van der Waals surface area contributed by atoms with Gasteiger partial charge in [0, 0.05) is 34.4 Å². The van der Waals surface area contributed by atoms with E-state index in [1.54, 1.807) is 0 Å². The zero-order chi connectivity index (χ0) is 41.2. The lowest BCUT2D eigenvalue weighted by molar-refractivity contribution is -0.140. The van der Waals surface area contributed by atoms with Gasteiger partial charge in [0.05, 0.1) is 52.9 Å². The van der Waals surface area contributed by atoms with E-state index >= 15 is 0 Å². The number of aryl methyl sites for hydroxylation is 2. The summed E-state index contributed by atoms with van der Waals surface area (Å²) >= 11 is 0. The lowest BCUT2D eigenvalue weighted by atomic mass is 9.94. The number of hydrogen-bond donors (Lipinski definition) is 0. The predicted molar refractivity (Wildman–Crippen MR) is 223 cm³/mol. The highest BCUT2D eigenvalue weighted by Gasteiger charge is 2.07. The standard InChI is InChI=1S/C48H50O10/c1-5-47(49)57-33-29-53-25-23-51-27-31-55-43-17-11-39(12-18-43)7-9-41-15-21-45(37(3)35-41)46-22-16-42(36-38(46)4)10-8-40-13-19-44(20-14-40)56-32-28-52-24-26-54-30-34-58-48(50)6-2/h5-6,11-22,35-36H,1-2,23-34H2,3-4H3. The first-order chi connectivity index (χ1) is 28.3. The average molecular weight is 787 g/mol. The van der Waals surface area contributed by atoms with Gasteiger partial charge in [0.25, 0.3) is 0 Å². The van der Waals surface area contributed by atoms with Crippen LogP contribution < -0.4 is 9.47 Å². The maximum atomic E-state index is 11.0. The molecule has 0 radical (unpaired) electrons. The Morgan fingerprint density at radius 3 is 1.10 bits per heavy atom. The number of ether oxygens (including phenoxy) is 8. The summed E-state index contributed by atoms with van der Waals surface area (Å²) in [6.07, 6.45) is 2.23. The van der Waals surface area contributed by atoms with Crippen LogP contribution in [0.1, 0.15) is 33.4 Å². The zero-order valence-corrected chi connectivity index (χ0v) is 33.2. The molecule has 0 aliphatic heterocycles. The van der Waals surface area contributed by atoms with Crippen molar-refractivity contribution in [1.29, 1.82) is 0 Å². The fraction of sp³-hybridized carbons (Fsp3) is 0.292. The van der Waals surface area contributed by atoms with Gasteiger partial charge in [-0.05, 0) is 109 Å². The van der Waals surface area contributed by atoms with Crippen LogP contribution in [0.15, 0.2) is 110 Å². The second-order valence-corrected chi connectivity index (χ2v) is 12.5. The molecule has 0 aliphatic rings. The third-order valence-corrected chi connectivity index (χ3v) is 8.17. The molecule has 10 heteroatoms. The Bertz CT molecular complexity index is 1900. The first-order valence-electron chi connectivity index (χ1n) is 19.0. The molecule has 0 unspecified atom stereocenters. The van der Waals surface area contributed by atoms with Crippen molar-refractivity contribution in [2.45, 2.75) is 13.8 Å². The second-order valence-electron chi connectivity index (χ2n) is 12.5. The van der Waals surface area contributed by atoms with Gasteiger partial charge in [-0.2, -0.15) is 0 Å². The summed E-state index contributed by atoms with van der Waals surface area (Å²) in [6.45, 7) is 15.2. The molecule has 0 fully saturated rings. The highest BCUT2D eigenvalue weighted by Crippen LogP contribution is 2.28. The molecule has 4 aromatic rings. The van der Waals surface area contributed by atoms with E-state index in [0.29, 0.717) is 66.1 Å². The van der Waals surface area contributed by atoms with E-state index in [1.165, 1.54) is 0 Å². The first-order valence-corrected chi connectivity index (χ1v) is 19.0. The summed E-state index contributed by atoms with van der Waals surface area (Å²) in [6, 6.07) is 27.9. The minimum atomic E-state index is -0.465. The molecule has 0 bridgehead atoms. The molecule has 0 spiro atoms. The Morgan fingerprint density at radius 1 is 0.448 bits per heavy atom. The molecule has 302 valence electrons. The highest BCUT2D eigenvalue weighted by molar-refractivity contribution is 5.81. The number of carbonyl (C=O) groups is 2. The Balaban J connectivity index is 1.16. The number of esters is 2. The molecule has 0 saturated heterocycles. The molecule has 0 atom stereocenters. The molecule has 58 heavy (non-hydrogen) atoms. The van der Waals surface area contributed by atoms with Crippen LogP contribution in [0.3, 0.4) is 0 Å². The van der Waals surface area contributed by atoms with Crippen molar-refractivity contribution < 1.29 is 47.5 Å². The predicted octanol–water partition coefficient (Wildman–Crippen LogP) is 7.05. The van der Waals surface area contributed by atoms with E-state index < -0.39 is 11.9 Å². The lowest BCUT2D eigenvalue weighted by Crippen LogP contribution is -2.13. The van der Waals surface area contributed by atoms with E-state index in [1.807, 2.05) is 48.5 Å². The van der Waals surface area contributed by atoms with Crippen LogP contribution in [0.5, 0.6) is 11.5 Å². The largest absolute Gasteiger partial charge is 0.491 e. The van der Waals surface area contributed by atoms with Crippen molar-refractivity contribution in [3.05, 3.63) is 144 Å². The van der Waals surface area contributed by atoms with E-state index in [0.717, 1.165) is 68.2 Å². The van der Waals surface area contributed by atoms with Crippen LogP contribution >= 0.6 is 0 Å². The number of hydrogen-bond acceptors (Lipinski definition) is 10. The van der Waals surface area contributed by atoms with Crippen molar-refractivity contribution >= 4 is 11.9 Å². The molecule has 4 rings (SSSR count). The van der Waals surface area contributed by atoms with E-state index in [2.05, 4.69) is 87.1 Å². The van der Waals surface area contributed by atoms with Crippen molar-refractivity contribution in [2.24, 2.45) is 0 Å². The summed E-state index contributed by atoms with van der Waals surface area (Å²) in [5, 5.41) is 0. The smallest absolute Gasteiger partial charge is 0.330 e. The zero-order valence-electron chi connectivity index (χ0n) is 33.2. The summed E-state index contributed by atoms with van der Waals surface area (Å²) in [5.74, 6) is 13.6. The Morgan fingerprint density at radius 2 is 0.759 bits per heavy atom. The molecule has 0 aliphatic carbocycles. The Hall–Kier alpha value is -6.14. The fourth-order valence-corrected chi connectivity index (χ4v) is 5.25. The quantitative estimate of drug-likeness (QED) is 0.0336. The van der Waals surface area contributed by atoms with Crippen LogP contribution in [-0.2, 0) is 38.0 Å². The van der Waals surface area contributed by atoms with Gasteiger partial charge >= 0.3 is 11.9 Å². The highest BCUT2D eigenvalue weighted by atomic mass is 16.6. The van der Waals surface area contributed by atoms with Gasteiger partial charge in [-0.3, -0.25) is 0 Å². The van der Waals surface area contributed by atoms with Crippen LogP contribution in [0.2, 0.25) is 0 Å². The first kappa shape index (κ1) is 44.6. The van der Waals surface area contributed by atoms with E-state index in [9.17, 15) is 9.59 Å². The molecule has 0 saturated carbocycles. The van der Waals surface area contributed by atoms with Gasteiger partial charge in [0.2, 0.25) is 0 Å². The lowest BCUT2D eigenvalue weighted by Gasteiger charge is -2.10. The minimum absolute atomic E-state index is 0.185. The van der Waals surface area contributed by atoms with Crippen molar-refractivity contribution in [1.82, 2.24) is 0 Å². The molecule has 0 N–H and O–H groups in total. The molecular weight excluding hydrogens is 737 g/mol. The second kappa shape index (κ2) is 25.9. The normalized spacial score (nSPS) is 10.3. The average Bonchev–Trinajstić information content (AvgIpc) is 3.24.